The molecule has 0 saturated carbocycles. The number of furan rings is 1. The van der Waals surface area contributed by atoms with Gasteiger partial charge in [-0.25, -0.2) is 9.98 Å². The molecule has 1 unspecified atom stereocenters. The molecule has 8 aromatic carbocycles. The van der Waals surface area contributed by atoms with Crippen molar-refractivity contribution >= 4 is 55.4 Å². The summed E-state index contributed by atoms with van der Waals surface area (Å²) < 4.78 is 8.87. The van der Waals surface area contributed by atoms with Crippen LogP contribution in [0.4, 0.5) is 0 Å². The maximum Gasteiger partial charge on any atom is 0.159 e. The van der Waals surface area contributed by atoms with Gasteiger partial charge in [-0.1, -0.05) is 146 Å². The highest BCUT2D eigenvalue weighted by molar-refractivity contribution is 6.22. The zero-order chi connectivity index (χ0) is 37.0. The molecule has 5 nitrogen and oxygen atoms in total. The van der Waals surface area contributed by atoms with Crippen LogP contribution < -0.4 is 5.32 Å². The maximum atomic E-state index is 6.52. The van der Waals surface area contributed by atoms with Crippen LogP contribution in [0.3, 0.4) is 0 Å². The summed E-state index contributed by atoms with van der Waals surface area (Å²) in [5, 5.41) is 8.19. The van der Waals surface area contributed by atoms with Gasteiger partial charge in [0, 0.05) is 38.4 Å². The zero-order valence-corrected chi connectivity index (χ0v) is 30.3. The van der Waals surface area contributed by atoms with Crippen LogP contribution in [-0.2, 0) is 0 Å². The Kier molecular flexibility index (Phi) is 7.49. The van der Waals surface area contributed by atoms with E-state index in [1.807, 2.05) is 24.3 Å². The second kappa shape index (κ2) is 13.1. The predicted molar refractivity (Wildman–Crippen MR) is 231 cm³/mol. The minimum Gasteiger partial charge on any atom is -0.456 e. The van der Waals surface area contributed by atoms with Crippen LogP contribution in [0.15, 0.2) is 209 Å². The van der Waals surface area contributed by atoms with E-state index in [1.54, 1.807) is 0 Å². The number of fused-ring (bicyclic) bond motifs is 6. The monoisotopic (exact) mass is 718 g/mol. The molecule has 5 heteroatoms. The Morgan fingerprint density at radius 2 is 1.09 bits per heavy atom. The first-order valence-corrected chi connectivity index (χ1v) is 18.9. The van der Waals surface area contributed by atoms with Crippen LogP contribution in [0, 0.1) is 0 Å². The van der Waals surface area contributed by atoms with Crippen molar-refractivity contribution in [2.24, 2.45) is 9.98 Å². The number of hydrogen-bond acceptors (Lipinski definition) is 4. The molecule has 1 aliphatic heterocycles. The molecule has 10 aromatic rings. The first-order chi connectivity index (χ1) is 27.7. The quantitative estimate of drug-likeness (QED) is 0.186. The molecule has 0 spiro atoms. The summed E-state index contributed by atoms with van der Waals surface area (Å²) >= 11 is 0. The van der Waals surface area contributed by atoms with Gasteiger partial charge in [0.05, 0.1) is 11.0 Å². The number of amidine groups is 2. The number of aromatic nitrogens is 1. The number of rotatable bonds is 6. The second-order valence-corrected chi connectivity index (χ2v) is 14.2. The molecule has 0 bridgehead atoms. The Hall–Kier alpha value is -7.50. The lowest BCUT2D eigenvalue weighted by atomic mass is 9.98. The fourth-order valence-corrected chi connectivity index (χ4v) is 8.18. The van der Waals surface area contributed by atoms with E-state index >= 15 is 0 Å². The molecule has 1 aliphatic rings. The van der Waals surface area contributed by atoms with Crippen LogP contribution in [0.1, 0.15) is 22.9 Å². The Morgan fingerprint density at radius 3 is 1.89 bits per heavy atom. The van der Waals surface area contributed by atoms with Crippen LogP contribution in [0.2, 0.25) is 0 Å². The van der Waals surface area contributed by atoms with E-state index in [1.165, 1.54) is 27.4 Å². The first-order valence-electron chi connectivity index (χ1n) is 18.9. The summed E-state index contributed by atoms with van der Waals surface area (Å²) in [6, 6.07) is 68.0. The molecule has 264 valence electrons. The summed E-state index contributed by atoms with van der Waals surface area (Å²) in [7, 11) is 0. The number of nitrogens with one attached hydrogen (secondary N) is 1. The minimum atomic E-state index is -0.318. The van der Waals surface area contributed by atoms with Gasteiger partial charge in [-0.2, -0.15) is 0 Å². The molecule has 1 N–H and O–H groups in total. The van der Waals surface area contributed by atoms with Gasteiger partial charge < -0.3 is 14.3 Å². The van der Waals surface area contributed by atoms with Crippen molar-refractivity contribution in [1.82, 2.24) is 9.88 Å². The van der Waals surface area contributed by atoms with Crippen molar-refractivity contribution in [3.63, 3.8) is 0 Å². The van der Waals surface area contributed by atoms with E-state index in [-0.39, 0.29) is 6.17 Å². The Morgan fingerprint density at radius 1 is 0.464 bits per heavy atom. The van der Waals surface area contributed by atoms with Crippen molar-refractivity contribution < 1.29 is 4.42 Å². The Labute approximate surface area is 323 Å². The van der Waals surface area contributed by atoms with Gasteiger partial charge in [0.15, 0.2) is 5.84 Å². The average molecular weight is 719 g/mol. The van der Waals surface area contributed by atoms with Gasteiger partial charge in [-0.15, -0.1) is 0 Å². The summed E-state index contributed by atoms with van der Waals surface area (Å²) in [4.78, 5) is 10.4. The van der Waals surface area contributed by atoms with Gasteiger partial charge in [0.1, 0.15) is 23.2 Å². The molecule has 11 rings (SSSR count). The Bertz CT molecular complexity index is 3140. The summed E-state index contributed by atoms with van der Waals surface area (Å²) in [5.41, 5.74) is 12.7. The average Bonchev–Trinajstić information content (AvgIpc) is 3.82. The number of hydrogen-bond donors (Lipinski definition) is 1. The van der Waals surface area contributed by atoms with Crippen molar-refractivity contribution in [3.05, 3.63) is 211 Å². The topological polar surface area (TPSA) is 54.8 Å². The summed E-state index contributed by atoms with van der Waals surface area (Å²) in [5.74, 6) is 1.44. The third kappa shape index (κ3) is 5.40. The lowest BCUT2D eigenvalue weighted by molar-refractivity contribution is 0.668. The van der Waals surface area contributed by atoms with E-state index in [0.29, 0.717) is 5.84 Å². The predicted octanol–water partition coefficient (Wildman–Crippen LogP) is 12.5. The van der Waals surface area contributed by atoms with Crippen LogP contribution >= 0.6 is 0 Å². The zero-order valence-electron chi connectivity index (χ0n) is 30.3. The van der Waals surface area contributed by atoms with E-state index in [0.717, 1.165) is 66.8 Å². The molecule has 0 aliphatic carbocycles. The third-order valence-corrected chi connectivity index (χ3v) is 10.9. The highest BCUT2D eigenvalue weighted by Gasteiger charge is 2.24. The molecule has 1 atom stereocenters. The maximum absolute atomic E-state index is 6.52. The lowest BCUT2D eigenvalue weighted by Gasteiger charge is -2.24. The van der Waals surface area contributed by atoms with Crippen LogP contribution in [-0.4, -0.2) is 16.2 Å². The van der Waals surface area contributed by atoms with Crippen molar-refractivity contribution in [2.45, 2.75) is 6.17 Å². The molecule has 0 radical (unpaired) electrons. The second-order valence-electron chi connectivity index (χ2n) is 14.2. The number of aliphatic imine (C=N–C) groups is 2. The fraction of sp³-hybridized carbons (Fsp3) is 0.0196. The SMILES string of the molecule is c1ccc(-c2ccc(C3=NC(c4ccccc4)NC(c4cccc5oc6ccc(-c7ccc8c(c7)c7ccccc7n8-c7ccccc7)cc6c45)=N3)cc2)cc1. The molecule has 0 fully saturated rings. The van der Waals surface area contributed by atoms with Gasteiger partial charge in [0.2, 0.25) is 0 Å². The standard InChI is InChI=1S/C51H34N4O/c1-4-13-33(14-5-1)34-23-25-36(26-24-34)50-52-49(35-15-6-2-7-16-35)53-51(54-50)41-20-12-22-47-48(41)43-32-38(28-30-46(43)56-47)37-27-29-45-42(31-37)40-19-10-11-21-44(40)55(45)39-17-8-3-9-18-39/h1-32,49H,(H,52,53,54). The van der Waals surface area contributed by atoms with Crippen LogP contribution in [0.25, 0.3) is 71.7 Å². The van der Waals surface area contributed by atoms with Gasteiger partial charge >= 0.3 is 0 Å². The summed E-state index contributed by atoms with van der Waals surface area (Å²) in [6.45, 7) is 0. The molecule has 0 saturated heterocycles. The molecule has 2 aromatic heterocycles. The third-order valence-electron chi connectivity index (χ3n) is 10.9. The highest BCUT2D eigenvalue weighted by atomic mass is 16.3. The van der Waals surface area contributed by atoms with Gasteiger partial charge in [-0.3, -0.25) is 0 Å². The molecule has 3 heterocycles. The largest absolute Gasteiger partial charge is 0.456 e. The van der Waals surface area contributed by atoms with E-state index < -0.39 is 0 Å². The van der Waals surface area contributed by atoms with Crippen molar-refractivity contribution in [3.8, 4) is 27.9 Å². The fourth-order valence-electron chi connectivity index (χ4n) is 8.18. The molecule has 0 amide bonds. The van der Waals surface area contributed by atoms with E-state index in [9.17, 15) is 0 Å². The molecule has 56 heavy (non-hydrogen) atoms. The Balaban J connectivity index is 1.04. The number of nitrogens with zero attached hydrogens (tertiary/aromatic N) is 3. The van der Waals surface area contributed by atoms with Crippen LogP contribution in [0.5, 0.6) is 0 Å². The minimum absolute atomic E-state index is 0.318. The van der Waals surface area contributed by atoms with E-state index in [2.05, 4.69) is 180 Å². The molecular weight excluding hydrogens is 685 g/mol. The normalized spacial score (nSPS) is 14.2. The van der Waals surface area contributed by atoms with E-state index in [4.69, 9.17) is 14.4 Å². The summed E-state index contributed by atoms with van der Waals surface area (Å²) in [6.07, 6.45) is -0.318. The van der Waals surface area contributed by atoms with Gasteiger partial charge in [0.25, 0.3) is 0 Å². The highest BCUT2D eigenvalue weighted by Crippen LogP contribution is 2.38. The van der Waals surface area contributed by atoms with Crippen molar-refractivity contribution in [1.29, 1.82) is 0 Å². The van der Waals surface area contributed by atoms with Crippen molar-refractivity contribution in [2.75, 3.05) is 0 Å². The molecular formula is C51H34N4O. The van der Waals surface area contributed by atoms with Gasteiger partial charge in [-0.05, 0) is 76.3 Å². The lowest BCUT2D eigenvalue weighted by Crippen LogP contribution is -2.33. The number of benzene rings is 8. The number of para-hydroxylation sites is 2. The first kappa shape index (κ1) is 32.0. The smallest absolute Gasteiger partial charge is 0.159 e.